The van der Waals surface area contributed by atoms with Crippen LogP contribution in [0, 0.1) is 13.8 Å². The molecule has 0 aliphatic carbocycles. The molecule has 10 heavy (non-hydrogen) atoms. The minimum absolute atomic E-state index is 1.04. The molecule has 0 saturated carbocycles. The summed E-state index contributed by atoms with van der Waals surface area (Å²) >= 11 is 1.10. The molecule has 0 aliphatic rings. The van der Waals surface area contributed by atoms with Crippen molar-refractivity contribution in [2.24, 2.45) is 0 Å². The second-order valence-corrected chi connectivity index (χ2v) is 2.82. The van der Waals surface area contributed by atoms with E-state index in [9.17, 15) is 0 Å². The molecular formula is C8H9OZr. The van der Waals surface area contributed by atoms with E-state index in [0.29, 0.717) is 0 Å². The van der Waals surface area contributed by atoms with E-state index in [0.717, 1.165) is 30.9 Å². The number of benzene rings is 1. The standard InChI is InChI=1S/C8H10O.Zr/c1-6-4-3-5-7(2)8(6)9;/h3-5,9H,1-2H3;/q;+1/p-1. The Morgan fingerprint density at radius 2 is 1.70 bits per heavy atom. The van der Waals surface area contributed by atoms with Crippen LogP contribution in [0.4, 0.5) is 0 Å². The summed E-state index contributed by atoms with van der Waals surface area (Å²) in [6, 6.07) is 6.17. The van der Waals surface area contributed by atoms with Crippen molar-refractivity contribution in [3.63, 3.8) is 0 Å². The van der Waals surface area contributed by atoms with Gasteiger partial charge in [-0.15, -0.1) is 0 Å². The molecule has 0 bridgehead atoms. The number of para-hydroxylation sites is 1. The first-order valence-corrected chi connectivity index (χ1v) is 4.16. The fourth-order valence-electron chi connectivity index (χ4n) is 0.960. The Balaban J connectivity index is 3.17. The van der Waals surface area contributed by atoms with Crippen molar-refractivity contribution in [1.82, 2.24) is 0 Å². The Bertz CT molecular complexity index is 212. The maximum absolute atomic E-state index is 5.27. The molecule has 1 nitrogen and oxygen atoms in total. The average molecular weight is 212 g/mol. The van der Waals surface area contributed by atoms with E-state index in [2.05, 4.69) is 26.0 Å². The van der Waals surface area contributed by atoms with Gasteiger partial charge in [-0.05, 0) is 0 Å². The van der Waals surface area contributed by atoms with E-state index in [-0.39, 0.29) is 0 Å². The van der Waals surface area contributed by atoms with Gasteiger partial charge in [0, 0.05) is 0 Å². The molecule has 1 aromatic rings. The predicted octanol–water partition coefficient (Wildman–Crippen LogP) is 2.14. The second-order valence-electron chi connectivity index (χ2n) is 2.32. The van der Waals surface area contributed by atoms with Gasteiger partial charge in [-0.3, -0.25) is 0 Å². The summed E-state index contributed by atoms with van der Waals surface area (Å²) in [4.78, 5) is 0. The summed E-state index contributed by atoms with van der Waals surface area (Å²) in [5.41, 5.74) is 2.44. The molecule has 0 saturated heterocycles. The van der Waals surface area contributed by atoms with Crippen molar-refractivity contribution >= 4 is 0 Å². The Labute approximate surface area is 76.9 Å². The van der Waals surface area contributed by atoms with Gasteiger partial charge < -0.3 is 0 Å². The molecule has 51 valence electrons. The summed E-state index contributed by atoms with van der Waals surface area (Å²) in [6.07, 6.45) is 0. The van der Waals surface area contributed by atoms with Crippen LogP contribution in [-0.4, -0.2) is 0 Å². The van der Waals surface area contributed by atoms with Crippen LogP contribution in [-0.2, 0) is 25.2 Å². The summed E-state index contributed by atoms with van der Waals surface area (Å²) in [5.74, 6) is 1.04. The zero-order valence-corrected chi connectivity index (χ0v) is 8.60. The summed E-state index contributed by atoms with van der Waals surface area (Å²) in [7, 11) is 0. The predicted molar refractivity (Wildman–Crippen MR) is 36.5 cm³/mol. The third-order valence-electron chi connectivity index (χ3n) is 1.51. The first kappa shape index (κ1) is 8.00. The van der Waals surface area contributed by atoms with E-state index in [4.69, 9.17) is 2.81 Å². The maximum atomic E-state index is 5.27. The molecule has 2 heteroatoms. The van der Waals surface area contributed by atoms with Crippen LogP contribution in [0.5, 0.6) is 5.75 Å². The normalized spacial score (nSPS) is 9.30. The van der Waals surface area contributed by atoms with Gasteiger partial charge in [-0.1, -0.05) is 0 Å². The van der Waals surface area contributed by atoms with Gasteiger partial charge in [0.15, 0.2) is 0 Å². The Hall–Kier alpha value is -0.0969. The number of hydrogen-bond acceptors (Lipinski definition) is 1. The molecule has 0 unspecified atom stereocenters. The van der Waals surface area contributed by atoms with Gasteiger partial charge in [0.1, 0.15) is 0 Å². The van der Waals surface area contributed by atoms with E-state index in [1.165, 1.54) is 11.1 Å². The second kappa shape index (κ2) is 3.34. The van der Waals surface area contributed by atoms with Crippen LogP contribution in [0.3, 0.4) is 0 Å². The minimum atomic E-state index is 1.04. The van der Waals surface area contributed by atoms with Gasteiger partial charge in [0.05, 0.1) is 0 Å². The van der Waals surface area contributed by atoms with E-state index >= 15 is 0 Å². The fraction of sp³-hybridized carbons (Fsp3) is 0.250. The van der Waals surface area contributed by atoms with Crippen LogP contribution in [0.15, 0.2) is 18.2 Å². The Morgan fingerprint density at radius 3 is 2.00 bits per heavy atom. The molecule has 0 aliphatic heterocycles. The van der Waals surface area contributed by atoms with Crippen LogP contribution in [0.25, 0.3) is 0 Å². The number of hydrogen-bond donors (Lipinski definition) is 0. The summed E-state index contributed by atoms with van der Waals surface area (Å²) in [5, 5.41) is 0. The van der Waals surface area contributed by atoms with Crippen LogP contribution >= 0.6 is 0 Å². The fourth-order valence-corrected chi connectivity index (χ4v) is 1.75. The van der Waals surface area contributed by atoms with Gasteiger partial charge in [0.25, 0.3) is 0 Å². The molecule has 0 N–H and O–H groups in total. The third-order valence-corrected chi connectivity index (χ3v) is 2.01. The first-order valence-electron chi connectivity index (χ1n) is 3.15. The van der Waals surface area contributed by atoms with Crippen molar-refractivity contribution in [1.29, 1.82) is 0 Å². The molecule has 0 aromatic heterocycles. The first-order chi connectivity index (χ1) is 4.75. The van der Waals surface area contributed by atoms with E-state index < -0.39 is 0 Å². The van der Waals surface area contributed by atoms with Crippen molar-refractivity contribution in [3.8, 4) is 5.75 Å². The molecule has 0 spiro atoms. The number of rotatable bonds is 1. The topological polar surface area (TPSA) is 9.23 Å². The van der Waals surface area contributed by atoms with Crippen molar-refractivity contribution < 1.29 is 28.0 Å². The monoisotopic (exact) mass is 211 g/mol. The SMILES string of the molecule is Cc1cccc(C)c1[O][Zr]. The molecule has 0 radical (unpaired) electrons. The molecule has 1 rings (SSSR count). The van der Waals surface area contributed by atoms with Crippen molar-refractivity contribution in [3.05, 3.63) is 29.3 Å². The molecule has 0 amide bonds. The Morgan fingerprint density at radius 1 is 1.20 bits per heavy atom. The quantitative estimate of drug-likeness (QED) is 0.693. The molecule has 1 aromatic carbocycles. The molecule has 0 atom stereocenters. The number of aryl methyl sites for hydroxylation is 2. The van der Waals surface area contributed by atoms with Crippen LogP contribution in [0.1, 0.15) is 11.1 Å². The molecular weight excluding hydrogens is 203 g/mol. The summed E-state index contributed by atoms with van der Waals surface area (Å²) < 4.78 is 5.27. The van der Waals surface area contributed by atoms with E-state index in [1.54, 1.807) is 0 Å². The van der Waals surface area contributed by atoms with Crippen LogP contribution < -0.4 is 2.81 Å². The molecule has 0 heterocycles. The zero-order valence-electron chi connectivity index (χ0n) is 6.14. The van der Waals surface area contributed by atoms with Crippen molar-refractivity contribution in [2.45, 2.75) is 13.8 Å². The molecule has 0 fully saturated rings. The van der Waals surface area contributed by atoms with Crippen molar-refractivity contribution in [2.75, 3.05) is 0 Å². The Kier molecular flexibility index (Phi) is 2.67. The van der Waals surface area contributed by atoms with Gasteiger partial charge in [-0.2, -0.15) is 0 Å². The zero-order chi connectivity index (χ0) is 7.56. The van der Waals surface area contributed by atoms with E-state index in [1.807, 2.05) is 6.07 Å². The summed E-state index contributed by atoms with van der Waals surface area (Å²) in [6.45, 7) is 4.12. The average Bonchev–Trinajstić information content (AvgIpc) is 1.88. The van der Waals surface area contributed by atoms with Crippen LogP contribution in [0.2, 0.25) is 0 Å². The third kappa shape index (κ3) is 1.49. The van der Waals surface area contributed by atoms with Gasteiger partial charge >= 0.3 is 76.9 Å². The van der Waals surface area contributed by atoms with Gasteiger partial charge in [0.2, 0.25) is 0 Å². The van der Waals surface area contributed by atoms with Gasteiger partial charge in [-0.25, -0.2) is 0 Å².